The quantitative estimate of drug-likeness (QED) is 0.753. The summed E-state index contributed by atoms with van der Waals surface area (Å²) in [6, 6.07) is 1.58. The summed E-state index contributed by atoms with van der Waals surface area (Å²) in [6.07, 6.45) is 6.30. The van der Waals surface area contributed by atoms with Crippen LogP contribution in [0.25, 0.3) is 0 Å². The van der Waals surface area contributed by atoms with Crippen LogP contribution in [0.1, 0.15) is 10.4 Å². The highest BCUT2D eigenvalue weighted by atomic mass is 16.1. The molecular weight excluding hydrogens is 220 g/mol. The van der Waals surface area contributed by atoms with E-state index in [0.29, 0.717) is 24.3 Å². The number of carbonyl (C=O) groups excluding carboxylic acids is 1. The van der Waals surface area contributed by atoms with Crippen molar-refractivity contribution in [1.29, 1.82) is 0 Å². The Morgan fingerprint density at radius 3 is 3.06 bits per heavy atom. The summed E-state index contributed by atoms with van der Waals surface area (Å²) >= 11 is 0. The summed E-state index contributed by atoms with van der Waals surface area (Å²) in [5.74, 6) is -0.218. The predicted octanol–water partition coefficient (Wildman–Crippen LogP) is -0.315. The lowest BCUT2D eigenvalue weighted by atomic mass is 10.2. The van der Waals surface area contributed by atoms with Gasteiger partial charge in [-0.15, -0.1) is 5.10 Å². The number of carbonyl (C=O) groups is 1. The standard InChI is InChI=1S/C10H12N6O/c11-9-7-12-2-1-8(9)10(17)13-3-5-16-6-4-14-15-16/h1-2,4,6-7H,3,5,11H2,(H,13,17). The van der Waals surface area contributed by atoms with Crippen molar-refractivity contribution < 1.29 is 4.79 Å². The number of aromatic nitrogens is 4. The third kappa shape index (κ3) is 2.77. The number of amides is 1. The van der Waals surface area contributed by atoms with E-state index in [1.807, 2.05) is 0 Å². The fourth-order valence-electron chi connectivity index (χ4n) is 1.34. The highest BCUT2D eigenvalue weighted by Crippen LogP contribution is 2.07. The molecule has 0 radical (unpaired) electrons. The van der Waals surface area contributed by atoms with Crippen LogP contribution in [-0.4, -0.2) is 32.4 Å². The molecular formula is C10H12N6O. The fraction of sp³-hybridized carbons (Fsp3) is 0.200. The van der Waals surface area contributed by atoms with Crippen molar-refractivity contribution in [3.8, 4) is 0 Å². The van der Waals surface area contributed by atoms with Gasteiger partial charge in [0.2, 0.25) is 0 Å². The van der Waals surface area contributed by atoms with Gasteiger partial charge in [-0.25, -0.2) is 0 Å². The Labute approximate surface area is 97.6 Å². The van der Waals surface area contributed by atoms with Crippen molar-refractivity contribution in [3.63, 3.8) is 0 Å². The minimum Gasteiger partial charge on any atom is -0.397 e. The summed E-state index contributed by atoms with van der Waals surface area (Å²) in [5.41, 5.74) is 6.43. The Morgan fingerprint density at radius 1 is 1.47 bits per heavy atom. The van der Waals surface area contributed by atoms with Crippen LogP contribution >= 0.6 is 0 Å². The zero-order chi connectivity index (χ0) is 12.1. The molecule has 0 saturated heterocycles. The average Bonchev–Trinajstić information content (AvgIpc) is 2.82. The molecule has 1 amide bonds. The number of nitrogens with zero attached hydrogens (tertiary/aromatic N) is 4. The van der Waals surface area contributed by atoms with Crippen molar-refractivity contribution >= 4 is 11.6 Å². The van der Waals surface area contributed by atoms with Gasteiger partial charge in [-0.05, 0) is 6.07 Å². The number of nitrogens with two attached hydrogens (primary N) is 1. The van der Waals surface area contributed by atoms with Crippen LogP contribution in [0.15, 0.2) is 30.9 Å². The van der Waals surface area contributed by atoms with Crippen LogP contribution in [0, 0.1) is 0 Å². The first-order valence-corrected chi connectivity index (χ1v) is 5.09. The third-order valence-electron chi connectivity index (χ3n) is 2.19. The third-order valence-corrected chi connectivity index (χ3v) is 2.19. The van der Waals surface area contributed by atoms with Crippen LogP contribution < -0.4 is 11.1 Å². The second-order valence-corrected chi connectivity index (χ2v) is 3.38. The maximum atomic E-state index is 11.7. The predicted molar refractivity (Wildman–Crippen MR) is 61.0 cm³/mol. The first kappa shape index (κ1) is 11.1. The highest BCUT2D eigenvalue weighted by molar-refractivity contribution is 5.98. The molecule has 0 aliphatic rings. The smallest absolute Gasteiger partial charge is 0.253 e. The number of pyridine rings is 1. The SMILES string of the molecule is Nc1cnccc1C(=O)NCCn1ccnn1. The summed E-state index contributed by atoms with van der Waals surface area (Å²) in [7, 11) is 0. The molecule has 0 aliphatic carbocycles. The molecule has 0 fully saturated rings. The molecule has 7 nitrogen and oxygen atoms in total. The van der Waals surface area contributed by atoms with E-state index in [2.05, 4.69) is 20.6 Å². The van der Waals surface area contributed by atoms with Gasteiger partial charge in [0, 0.05) is 18.9 Å². The Hall–Kier alpha value is -2.44. The van der Waals surface area contributed by atoms with Gasteiger partial charge in [0.05, 0.1) is 30.2 Å². The molecule has 2 aromatic rings. The Bertz CT molecular complexity index is 495. The minimum atomic E-state index is -0.218. The number of hydrogen-bond donors (Lipinski definition) is 2. The maximum Gasteiger partial charge on any atom is 0.253 e. The maximum absolute atomic E-state index is 11.7. The molecule has 2 heterocycles. The van der Waals surface area contributed by atoms with E-state index in [1.165, 1.54) is 12.4 Å². The zero-order valence-electron chi connectivity index (χ0n) is 9.08. The number of hydrogen-bond acceptors (Lipinski definition) is 5. The van der Waals surface area contributed by atoms with Crippen LogP contribution in [0.2, 0.25) is 0 Å². The van der Waals surface area contributed by atoms with E-state index in [1.54, 1.807) is 23.1 Å². The Balaban J connectivity index is 1.88. The number of nitrogen functional groups attached to an aromatic ring is 1. The van der Waals surface area contributed by atoms with Gasteiger partial charge in [0.25, 0.3) is 5.91 Å². The van der Waals surface area contributed by atoms with Gasteiger partial charge in [0.15, 0.2) is 0 Å². The number of anilines is 1. The molecule has 0 unspecified atom stereocenters. The van der Waals surface area contributed by atoms with Crippen LogP contribution in [-0.2, 0) is 6.54 Å². The molecule has 0 spiro atoms. The van der Waals surface area contributed by atoms with Gasteiger partial charge in [0.1, 0.15) is 0 Å². The molecule has 2 aromatic heterocycles. The van der Waals surface area contributed by atoms with E-state index >= 15 is 0 Å². The van der Waals surface area contributed by atoms with Crippen LogP contribution in [0.4, 0.5) is 5.69 Å². The minimum absolute atomic E-state index is 0.218. The Kier molecular flexibility index (Phi) is 3.29. The molecule has 0 atom stereocenters. The normalized spacial score (nSPS) is 10.1. The van der Waals surface area contributed by atoms with Crippen molar-refractivity contribution in [3.05, 3.63) is 36.4 Å². The summed E-state index contributed by atoms with van der Waals surface area (Å²) in [4.78, 5) is 15.6. The van der Waals surface area contributed by atoms with E-state index in [9.17, 15) is 4.79 Å². The summed E-state index contributed by atoms with van der Waals surface area (Å²) in [5, 5.41) is 10.2. The molecule has 7 heteroatoms. The van der Waals surface area contributed by atoms with Crippen molar-refractivity contribution in [2.75, 3.05) is 12.3 Å². The molecule has 3 N–H and O–H groups in total. The van der Waals surface area contributed by atoms with E-state index < -0.39 is 0 Å². The number of rotatable bonds is 4. The van der Waals surface area contributed by atoms with Crippen molar-refractivity contribution in [2.24, 2.45) is 0 Å². The second-order valence-electron chi connectivity index (χ2n) is 3.38. The van der Waals surface area contributed by atoms with Crippen LogP contribution in [0.3, 0.4) is 0 Å². The molecule has 0 saturated carbocycles. The van der Waals surface area contributed by atoms with Gasteiger partial charge in [-0.3, -0.25) is 14.5 Å². The summed E-state index contributed by atoms with van der Waals surface area (Å²) < 4.78 is 1.64. The van der Waals surface area contributed by atoms with Gasteiger partial charge < -0.3 is 11.1 Å². The second kappa shape index (κ2) is 5.06. The average molecular weight is 232 g/mol. The van der Waals surface area contributed by atoms with E-state index in [-0.39, 0.29) is 5.91 Å². The lowest BCUT2D eigenvalue weighted by molar-refractivity contribution is 0.0952. The van der Waals surface area contributed by atoms with Gasteiger partial charge in [-0.1, -0.05) is 5.21 Å². The van der Waals surface area contributed by atoms with Gasteiger partial charge in [-0.2, -0.15) is 0 Å². The molecule has 88 valence electrons. The lowest BCUT2D eigenvalue weighted by Gasteiger charge is -2.06. The Morgan fingerprint density at radius 2 is 2.35 bits per heavy atom. The van der Waals surface area contributed by atoms with E-state index in [0.717, 1.165) is 0 Å². The van der Waals surface area contributed by atoms with E-state index in [4.69, 9.17) is 5.73 Å². The van der Waals surface area contributed by atoms with Gasteiger partial charge >= 0.3 is 0 Å². The highest BCUT2D eigenvalue weighted by Gasteiger charge is 2.08. The first-order chi connectivity index (χ1) is 8.27. The number of nitrogens with one attached hydrogen (secondary N) is 1. The summed E-state index contributed by atoms with van der Waals surface area (Å²) in [6.45, 7) is 1.03. The van der Waals surface area contributed by atoms with Crippen molar-refractivity contribution in [2.45, 2.75) is 6.54 Å². The molecule has 0 aromatic carbocycles. The molecule has 0 bridgehead atoms. The monoisotopic (exact) mass is 232 g/mol. The topological polar surface area (TPSA) is 98.7 Å². The first-order valence-electron chi connectivity index (χ1n) is 5.09. The lowest BCUT2D eigenvalue weighted by Crippen LogP contribution is -2.28. The molecule has 17 heavy (non-hydrogen) atoms. The van der Waals surface area contributed by atoms with Crippen LogP contribution in [0.5, 0.6) is 0 Å². The van der Waals surface area contributed by atoms with Crippen molar-refractivity contribution in [1.82, 2.24) is 25.3 Å². The zero-order valence-corrected chi connectivity index (χ0v) is 9.08. The largest absolute Gasteiger partial charge is 0.397 e. The fourth-order valence-corrected chi connectivity index (χ4v) is 1.34. The molecule has 0 aliphatic heterocycles. The molecule has 2 rings (SSSR count).